The van der Waals surface area contributed by atoms with Crippen molar-refractivity contribution in [3.8, 4) is 11.5 Å². The Labute approximate surface area is 236 Å². The average molecular weight is 543 g/mol. The Bertz CT molecular complexity index is 1430. The first-order chi connectivity index (χ1) is 19.0. The predicted molar refractivity (Wildman–Crippen MR) is 159 cm³/mol. The number of hydrogen-bond donors (Lipinski definition) is 1. The van der Waals surface area contributed by atoms with Crippen molar-refractivity contribution >= 4 is 28.8 Å². The van der Waals surface area contributed by atoms with Crippen LogP contribution < -0.4 is 19.3 Å². The van der Waals surface area contributed by atoms with Crippen LogP contribution in [-0.2, 0) is 15.0 Å². The Balaban J connectivity index is 1.94. The third kappa shape index (κ3) is 5.28. The van der Waals surface area contributed by atoms with Gasteiger partial charge in [0, 0.05) is 41.7 Å². The highest BCUT2D eigenvalue weighted by Crippen LogP contribution is 2.44. The first-order valence-corrected chi connectivity index (χ1v) is 13.5. The van der Waals surface area contributed by atoms with E-state index >= 15 is 0 Å². The van der Waals surface area contributed by atoms with Crippen LogP contribution in [0.2, 0.25) is 0 Å². The summed E-state index contributed by atoms with van der Waals surface area (Å²) in [7, 11) is 3.15. The smallest absolute Gasteiger partial charge is 0.300 e. The van der Waals surface area contributed by atoms with Crippen molar-refractivity contribution in [3.05, 3.63) is 89.0 Å². The number of Topliss-reactive ketones (excluding diaryl/α,β-unsaturated/α-hetero) is 1. The predicted octanol–water partition coefficient (Wildman–Crippen LogP) is 6.47. The number of carbonyl (C=O) groups excluding carboxylic acids is 2. The second-order valence-electron chi connectivity index (χ2n) is 10.8. The van der Waals surface area contributed by atoms with Gasteiger partial charge in [0.15, 0.2) is 0 Å². The summed E-state index contributed by atoms with van der Waals surface area (Å²) in [4.78, 5) is 30.9. The highest BCUT2D eigenvalue weighted by Gasteiger charge is 2.47. The normalized spacial score (nSPS) is 16.8. The van der Waals surface area contributed by atoms with E-state index in [4.69, 9.17) is 9.47 Å². The number of hydrogen-bond acceptors (Lipinski definition) is 6. The lowest BCUT2D eigenvalue weighted by Crippen LogP contribution is -2.29. The maximum absolute atomic E-state index is 13.6. The molecule has 1 atom stereocenters. The maximum Gasteiger partial charge on any atom is 0.300 e. The first kappa shape index (κ1) is 28.7. The van der Waals surface area contributed by atoms with Gasteiger partial charge in [0.25, 0.3) is 11.7 Å². The molecule has 7 nitrogen and oxygen atoms in total. The van der Waals surface area contributed by atoms with E-state index in [-0.39, 0.29) is 16.7 Å². The number of ketones is 1. The van der Waals surface area contributed by atoms with Gasteiger partial charge in [-0.15, -0.1) is 0 Å². The number of aliphatic hydroxyl groups is 1. The summed E-state index contributed by atoms with van der Waals surface area (Å²) in [6, 6.07) is 19.3. The molecule has 7 heteroatoms. The average Bonchev–Trinajstić information content (AvgIpc) is 3.22. The number of carbonyl (C=O) groups is 2. The van der Waals surface area contributed by atoms with Crippen LogP contribution in [0.25, 0.3) is 5.76 Å². The fourth-order valence-corrected chi connectivity index (χ4v) is 5.23. The molecule has 4 rings (SSSR count). The monoisotopic (exact) mass is 542 g/mol. The largest absolute Gasteiger partial charge is 0.507 e. The number of benzene rings is 3. The van der Waals surface area contributed by atoms with Crippen LogP contribution in [0, 0.1) is 0 Å². The molecule has 3 aromatic carbocycles. The zero-order valence-electron chi connectivity index (χ0n) is 24.3. The van der Waals surface area contributed by atoms with Crippen LogP contribution >= 0.6 is 0 Å². The number of methoxy groups -OCH3 is 2. The van der Waals surface area contributed by atoms with Crippen LogP contribution in [0.1, 0.15) is 57.4 Å². The minimum absolute atomic E-state index is 0.0356. The van der Waals surface area contributed by atoms with Crippen molar-refractivity contribution in [2.75, 3.05) is 37.1 Å². The van der Waals surface area contributed by atoms with Crippen molar-refractivity contribution in [3.63, 3.8) is 0 Å². The van der Waals surface area contributed by atoms with Crippen LogP contribution in [-0.4, -0.2) is 44.1 Å². The summed E-state index contributed by atoms with van der Waals surface area (Å²) < 4.78 is 11.0. The molecule has 0 bridgehead atoms. The highest BCUT2D eigenvalue weighted by molar-refractivity contribution is 6.51. The van der Waals surface area contributed by atoms with Gasteiger partial charge < -0.3 is 19.5 Å². The number of aliphatic hydroxyl groups excluding tert-OH is 1. The molecule has 3 aromatic rings. The van der Waals surface area contributed by atoms with Crippen LogP contribution in [0.3, 0.4) is 0 Å². The second-order valence-corrected chi connectivity index (χ2v) is 10.8. The molecule has 1 amide bonds. The quantitative estimate of drug-likeness (QED) is 0.200. The number of nitrogens with zero attached hydrogens (tertiary/aromatic N) is 2. The summed E-state index contributed by atoms with van der Waals surface area (Å²) >= 11 is 0. The molecule has 1 heterocycles. The lowest BCUT2D eigenvalue weighted by molar-refractivity contribution is -0.132. The van der Waals surface area contributed by atoms with Crippen LogP contribution in [0.15, 0.2) is 72.3 Å². The lowest BCUT2D eigenvalue weighted by Gasteiger charge is -2.27. The fraction of sp³-hybridized carbons (Fsp3) is 0.333. The van der Waals surface area contributed by atoms with Gasteiger partial charge in [-0.25, -0.2) is 0 Å². The van der Waals surface area contributed by atoms with Crippen LogP contribution in [0.4, 0.5) is 11.4 Å². The Hall–Kier alpha value is -4.26. The van der Waals surface area contributed by atoms with Gasteiger partial charge in [-0.05, 0) is 67.3 Å². The molecule has 1 aliphatic rings. The molecule has 0 aromatic heterocycles. The van der Waals surface area contributed by atoms with Crippen molar-refractivity contribution in [2.24, 2.45) is 0 Å². The first-order valence-electron chi connectivity index (χ1n) is 13.5. The molecule has 1 N–H and O–H groups in total. The Morgan fingerprint density at radius 2 is 1.60 bits per heavy atom. The Morgan fingerprint density at radius 1 is 0.925 bits per heavy atom. The molecular weight excluding hydrogens is 504 g/mol. The van der Waals surface area contributed by atoms with E-state index in [2.05, 4.69) is 18.7 Å². The molecule has 0 spiro atoms. The van der Waals surface area contributed by atoms with Crippen LogP contribution in [0.5, 0.6) is 11.5 Å². The Morgan fingerprint density at radius 3 is 2.17 bits per heavy atom. The summed E-state index contributed by atoms with van der Waals surface area (Å²) in [5.41, 5.74) is 3.33. The topological polar surface area (TPSA) is 79.3 Å². The summed E-state index contributed by atoms with van der Waals surface area (Å²) in [5, 5.41) is 11.7. The van der Waals surface area contributed by atoms with Crippen molar-refractivity contribution in [2.45, 2.75) is 46.1 Å². The van der Waals surface area contributed by atoms with Gasteiger partial charge in [0.1, 0.15) is 17.3 Å². The van der Waals surface area contributed by atoms with Gasteiger partial charge in [-0.2, -0.15) is 0 Å². The molecule has 40 heavy (non-hydrogen) atoms. The van der Waals surface area contributed by atoms with E-state index in [0.29, 0.717) is 28.3 Å². The molecule has 1 saturated heterocycles. The maximum atomic E-state index is 13.6. The number of amides is 1. The van der Waals surface area contributed by atoms with E-state index in [1.54, 1.807) is 50.6 Å². The van der Waals surface area contributed by atoms with Crippen molar-refractivity contribution in [1.82, 2.24) is 0 Å². The van der Waals surface area contributed by atoms with E-state index in [0.717, 1.165) is 24.3 Å². The van der Waals surface area contributed by atoms with Crippen molar-refractivity contribution < 1.29 is 24.2 Å². The number of ether oxygens (including phenoxy) is 2. The summed E-state index contributed by atoms with van der Waals surface area (Å²) in [5.74, 6) is -0.442. The second kappa shape index (κ2) is 11.5. The molecule has 0 radical (unpaired) electrons. The van der Waals surface area contributed by atoms with E-state index in [9.17, 15) is 14.7 Å². The fourth-order valence-electron chi connectivity index (χ4n) is 5.23. The number of anilines is 2. The minimum atomic E-state index is -0.835. The molecule has 1 fully saturated rings. The standard InChI is InChI=1S/C33H38N2O5/c1-8-34(9-2)23-16-13-21(14-17-23)29-28(30(36)22-15-18-27(40-7)26(19-22)33(3,4)5)31(37)32(38)35(29)24-11-10-12-25(20-24)39-6/h10-20,29,36H,8-9H2,1-7H3/b30-28-. The van der Waals surface area contributed by atoms with E-state index < -0.39 is 17.7 Å². The van der Waals surface area contributed by atoms with Gasteiger partial charge in [-0.3, -0.25) is 14.5 Å². The molecule has 0 saturated carbocycles. The number of rotatable bonds is 8. The minimum Gasteiger partial charge on any atom is -0.507 e. The third-order valence-electron chi connectivity index (χ3n) is 7.39. The molecule has 1 unspecified atom stereocenters. The van der Waals surface area contributed by atoms with Gasteiger partial charge in [-0.1, -0.05) is 39.0 Å². The SMILES string of the molecule is CCN(CC)c1ccc(C2/C(=C(/O)c3ccc(OC)c(C(C)(C)C)c3)C(=O)C(=O)N2c2cccc(OC)c2)cc1. The highest BCUT2D eigenvalue weighted by atomic mass is 16.5. The van der Waals surface area contributed by atoms with Gasteiger partial charge in [0.2, 0.25) is 0 Å². The van der Waals surface area contributed by atoms with Crippen molar-refractivity contribution in [1.29, 1.82) is 0 Å². The summed E-state index contributed by atoms with van der Waals surface area (Å²) in [6.45, 7) is 12.0. The Kier molecular flexibility index (Phi) is 8.24. The zero-order valence-corrected chi connectivity index (χ0v) is 24.3. The van der Waals surface area contributed by atoms with Gasteiger partial charge >= 0.3 is 0 Å². The van der Waals surface area contributed by atoms with E-state index in [1.807, 2.05) is 51.1 Å². The molecular formula is C33H38N2O5. The van der Waals surface area contributed by atoms with Gasteiger partial charge in [0.05, 0.1) is 25.8 Å². The molecule has 210 valence electrons. The zero-order chi connectivity index (χ0) is 29.2. The molecule has 1 aliphatic heterocycles. The lowest BCUT2D eigenvalue weighted by atomic mass is 9.84. The third-order valence-corrected chi connectivity index (χ3v) is 7.39. The summed E-state index contributed by atoms with van der Waals surface area (Å²) in [6.07, 6.45) is 0. The van der Waals surface area contributed by atoms with E-state index in [1.165, 1.54) is 4.90 Å². The molecule has 0 aliphatic carbocycles.